The number of hydrogen-bond donors (Lipinski definition) is 1. The van der Waals surface area contributed by atoms with Crippen molar-refractivity contribution >= 4 is 29.0 Å². The quantitative estimate of drug-likeness (QED) is 0.901. The van der Waals surface area contributed by atoms with E-state index in [9.17, 15) is 10.1 Å². The van der Waals surface area contributed by atoms with Crippen LogP contribution in [0.2, 0.25) is 5.02 Å². The van der Waals surface area contributed by atoms with E-state index in [0.29, 0.717) is 28.7 Å². The maximum atomic E-state index is 12.1. The number of aryl methyl sites for hydroxylation is 1. The van der Waals surface area contributed by atoms with Gasteiger partial charge in [-0.2, -0.15) is 5.26 Å². The number of aromatic nitrogens is 1. The summed E-state index contributed by atoms with van der Waals surface area (Å²) in [5.41, 5.74) is 1.45. The molecule has 1 amide bonds. The van der Waals surface area contributed by atoms with Crippen molar-refractivity contribution in [2.24, 2.45) is 0 Å². The van der Waals surface area contributed by atoms with E-state index in [0.717, 1.165) is 31.9 Å². The Morgan fingerprint density at radius 3 is 2.76 bits per heavy atom. The van der Waals surface area contributed by atoms with Crippen LogP contribution >= 0.6 is 11.6 Å². The molecule has 25 heavy (non-hydrogen) atoms. The molecule has 0 spiro atoms. The summed E-state index contributed by atoms with van der Waals surface area (Å²) in [5, 5.41) is 16.3. The molecule has 2 aromatic rings. The van der Waals surface area contributed by atoms with Crippen LogP contribution in [0, 0.1) is 18.3 Å². The number of nitrogens with zero attached hydrogens (tertiary/aromatic N) is 4. The number of benzene rings is 1. The van der Waals surface area contributed by atoms with Crippen molar-refractivity contribution in [3.05, 3.63) is 40.6 Å². The number of nitrogens with one attached hydrogen (secondary N) is 1. The van der Waals surface area contributed by atoms with E-state index in [2.05, 4.69) is 26.3 Å². The first-order valence-corrected chi connectivity index (χ1v) is 8.33. The van der Waals surface area contributed by atoms with E-state index >= 15 is 0 Å². The van der Waals surface area contributed by atoms with Gasteiger partial charge in [-0.3, -0.25) is 9.69 Å². The van der Waals surface area contributed by atoms with Gasteiger partial charge in [-0.15, -0.1) is 0 Å². The zero-order chi connectivity index (χ0) is 17.8. The molecule has 1 aromatic heterocycles. The van der Waals surface area contributed by atoms with Crippen LogP contribution in [-0.4, -0.2) is 48.7 Å². The average Bonchev–Trinajstić information content (AvgIpc) is 3.00. The average molecular weight is 360 g/mol. The van der Waals surface area contributed by atoms with Crippen LogP contribution in [0.15, 0.2) is 28.8 Å². The van der Waals surface area contributed by atoms with Crippen LogP contribution in [-0.2, 0) is 4.79 Å². The van der Waals surface area contributed by atoms with Crippen molar-refractivity contribution in [1.82, 2.24) is 10.1 Å². The number of rotatable bonds is 4. The lowest BCUT2D eigenvalue weighted by Crippen LogP contribution is -2.48. The fraction of sp³-hybridized carbons (Fsp3) is 0.353. The van der Waals surface area contributed by atoms with Crippen LogP contribution < -0.4 is 10.2 Å². The number of amides is 1. The number of hydrogen-bond acceptors (Lipinski definition) is 6. The predicted molar refractivity (Wildman–Crippen MR) is 94.7 cm³/mol. The molecule has 1 N–H and O–H groups in total. The lowest BCUT2D eigenvalue weighted by Gasteiger charge is -2.36. The zero-order valence-corrected chi connectivity index (χ0v) is 14.6. The molecular formula is C17H18ClN5O2. The SMILES string of the molecule is Cc1cc(NC(=O)CN2CCN(c3ccc(Cl)cc3C#N)CC2)no1. The first-order valence-electron chi connectivity index (χ1n) is 7.95. The monoisotopic (exact) mass is 359 g/mol. The molecular weight excluding hydrogens is 342 g/mol. The van der Waals surface area contributed by atoms with Crippen molar-refractivity contribution in [3.8, 4) is 6.07 Å². The molecule has 1 saturated heterocycles. The molecule has 0 atom stereocenters. The van der Waals surface area contributed by atoms with Crippen LogP contribution in [0.4, 0.5) is 11.5 Å². The molecule has 0 radical (unpaired) electrons. The van der Waals surface area contributed by atoms with Crippen molar-refractivity contribution < 1.29 is 9.32 Å². The van der Waals surface area contributed by atoms with E-state index < -0.39 is 0 Å². The third kappa shape index (κ3) is 4.29. The van der Waals surface area contributed by atoms with Crippen molar-refractivity contribution in [3.63, 3.8) is 0 Å². The van der Waals surface area contributed by atoms with Gasteiger partial charge in [0.25, 0.3) is 0 Å². The minimum atomic E-state index is -0.119. The fourth-order valence-corrected chi connectivity index (χ4v) is 3.00. The van der Waals surface area contributed by atoms with Crippen LogP contribution in [0.1, 0.15) is 11.3 Å². The predicted octanol–water partition coefficient (Wildman–Crippen LogP) is 2.27. The van der Waals surface area contributed by atoms with E-state index in [1.165, 1.54) is 0 Å². The molecule has 0 aliphatic carbocycles. The second-order valence-corrected chi connectivity index (χ2v) is 6.34. The van der Waals surface area contributed by atoms with E-state index in [1.807, 2.05) is 6.07 Å². The molecule has 130 valence electrons. The normalized spacial score (nSPS) is 15.0. The van der Waals surface area contributed by atoms with Gasteiger partial charge >= 0.3 is 0 Å². The molecule has 7 nitrogen and oxygen atoms in total. The maximum Gasteiger partial charge on any atom is 0.239 e. The highest BCUT2D eigenvalue weighted by molar-refractivity contribution is 6.30. The largest absolute Gasteiger partial charge is 0.368 e. The first-order chi connectivity index (χ1) is 12.0. The van der Waals surface area contributed by atoms with Crippen molar-refractivity contribution in [1.29, 1.82) is 5.26 Å². The Bertz CT molecular complexity index is 806. The maximum absolute atomic E-state index is 12.1. The van der Waals surface area contributed by atoms with Gasteiger partial charge in [0.1, 0.15) is 11.8 Å². The lowest BCUT2D eigenvalue weighted by atomic mass is 10.1. The Morgan fingerprint density at radius 2 is 2.12 bits per heavy atom. The van der Waals surface area contributed by atoms with Gasteiger partial charge in [0, 0.05) is 37.3 Å². The second-order valence-electron chi connectivity index (χ2n) is 5.91. The molecule has 0 unspecified atom stereocenters. The molecule has 1 aliphatic heterocycles. The van der Waals surface area contributed by atoms with Crippen LogP contribution in [0.5, 0.6) is 0 Å². The Balaban J connectivity index is 1.53. The Hall–Kier alpha value is -2.56. The summed E-state index contributed by atoms with van der Waals surface area (Å²) in [7, 11) is 0. The molecule has 1 aromatic carbocycles. The molecule has 1 fully saturated rings. The lowest BCUT2D eigenvalue weighted by molar-refractivity contribution is -0.117. The summed E-state index contributed by atoms with van der Waals surface area (Å²) < 4.78 is 4.93. The number of carbonyl (C=O) groups is 1. The van der Waals surface area contributed by atoms with Crippen molar-refractivity contribution in [2.75, 3.05) is 42.9 Å². The zero-order valence-electron chi connectivity index (χ0n) is 13.8. The topological polar surface area (TPSA) is 85.4 Å². The minimum Gasteiger partial charge on any atom is -0.368 e. The summed E-state index contributed by atoms with van der Waals surface area (Å²) in [4.78, 5) is 16.3. The van der Waals surface area contributed by atoms with Crippen molar-refractivity contribution in [2.45, 2.75) is 6.92 Å². The highest BCUT2D eigenvalue weighted by atomic mass is 35.5. The number of halogens is 1. The van der Waals surface area contributed by atoms with Gasteiger partial charge in [-0.1, -0.05) is 16.8 Å². The van der Waals surface area contributed by atoms with Gasteiger partial charge in [0.05, 0.1) is 17.8 Å². The molecule has 2 heterocycles. The Morgan fingerprint density at radius 1 is 1.36 bits per heavy atom. The minimum absolute atomic E-state index is 0.119. The molecule has 8 heteroatoms. The van der Waals surface area contributed by atoms with E-state index in [-0.39, 0.29) is 5.91 Å². The van der Waals surface area contributed by atoms with Gasteiger partial charge in [0.15, 0.2) is 5.82 Å². The first kappa shape index (κ1) is 17.3. The molecule has 0 bridgehead atoms. The molecule has 0 saturated carbocycles. The Labute approximate surface area is 150 Å². The number of anilines is 2. The summed E-state index contributed by atoms with van der Waals surface area (Å²) in [6, 6.07) is 9.20. The van der Waals surface area contributed by atoms with E-state index in [1.54, 1.807) is 25.1 Å². The van der Waals surface area contributed by atoms with E-state index in [4.69, 9.17) is 16.1 Å². The standard InChI is InChI=1S/C17H18ClN5O2/c1-12-8-16(21-25-12)20-17(24)11-22-4-6-23(7-5-22)15-3-2-14(18)9-13(15)10-19/h2-3,8-9H,4-7,11H2,1H3,(H,20,21,24). The van der Waals surface area contributed by atoms with Gasteiger partial charge in [0.2, 0.25) is 5.91 Å². The number of piperazine rings is 1. The third-order valence-corrected chi connectivity index (χ3v) is 4.29. The summed E-state index contributed by atoms with van der Waals surface area (Å²) in [5.74, 6) is 0.965. The fourth-order valence-electron chi connectivity index (χ4n) is 2.83. The van der Waals surface area contributed by atoms with Crippen LogP contribution in [0.25, 0.3) is 0 Å². The highest BCUT2D eigenvalue weighted by Gasteiger charge is 2.21. The van der Waals surface area contributed by atoms with Gasteiger partial charge in [-0.25, -0.2) is 0 Å². The molecule has 1 aliphatic rings. The smallest absolute Gasteiger partial charge is 0.239 e. The second kappa shape index (κ2) is 7.55. The summed E-state index contributed by atoms with van der Waals surface area (Å²) in [6.07, 6.45) is 0. The Kier molecular flexibility index (Phi) is 5.22. The van der Waals surface area contributed by atoms with Gasteiger partial charge < -0.3 is 14.7 Å². The highest BCUT2D eigenvalue weighted by Crippen LogP contribution is 2.24. The number of carbonyl (C=O) groups excluding carboxylic acids is 1. The van der Waals surface area contributed by atoms with Gasteiger partial charge in [-0.05, 0) is 25.1 Å². The summed E-state index contributed by atoms with van der Waals surface area (Å²) in [6.45, 7) is 5.02. The molecule has 3 rings (SSSR count). The third-order valence-electron chi connectivity index (χ3n) is 4.05. The number of nitriles is 1. The van der Waals surface area contributed by atoms with Crippen LogP contribution in [0.3, 0.4) is 0 Å². The summed E-state index contributed by atoms with van der Waals surface area (Å²) >= 11 is 5.95.